The lowest BCUT2D eigenvalue weighted by atomic mass is 10.0. The van der Waals surface area contributed by atoms with Crippen molar-refractivity contribution in [3.63, 3.8) is 0 Å². The van der Waals surface area contributed by atoms with Gasteiger partial charge in [0, 0.05) is 19.3 Å². The molecule has 0 fully saturated rings. The number of carbonyl (C=O) groups excluding carboxylic acids is 3. The zero-order chi connectivity index (χ0) is 50.0. The molecule has 0 aliphatic heterocycles. The van der Waals surface area contributed by atoms with Crippen LogP contribution in [-0.4, -0.2) is 37.2 Å². The van der Waals surface area contributed by atoms with Crippen LogP contribution in [0.4, 0.5) is 0 Å². The largest absolute Gasteiger partial charge is 0.462 e. The first kappa shape index (κ1) is 66.4. The van der Waals surface area contributed by atoms with Gasteiger partial charge in [0.2, 0.25) is 0 Å². The lowest BCUT2D eigenvalue weighted by Gasteiger charge is -2.18. The van der Waals surface area contributed by atoms with Gasteiger partial charge >= 0.3 is 17.9 Å². The molecule has 0 heterocycles. The molecule has 0 radical (unpaired) electrons. The molecule has 402 valence electrons. The van der Waals surface area contributed by atoms with E-state index in [1.807, 2.05) is 6.08 Å². The van der Waals surface area contributed by atoms with Gasteiger partial charge in [-0.1, -0.05) is 301 Å². The third-order valence-corrected chi connectivity index (χ3v) is 13.4. The number of unbranched alkanes of at least 4 members (excludes halogenated alkanes) is 36. The van der Waals surface area contributed by atoms with E-state index in [0.717, 1.165) is 64.2 Å². The molecule has 6 heteroatoms. The Morgan fingerprint density at radius 1 is 0.304 bits per heavy atom. The molecule has 0 bridgehead atoms. The van der Waals surface area contributed by atoms with Crippen LogP contribution in [0.1, 0.15) is 316 Å². The maximum atomic E-state index is 12.9. The van der Waals surface area contributed by atoms with Gasteiger partial charge in [-0.25, -0.2) is 0 Å². The van der Waals surface area contributed by atoms with Gasteiger partial charge in [0.15, 0.2) is 6.10 Å². The molecule has 0 N–H and O–H groups in total. The summed E-state index contributed by atoms with van der Waals surface area (Å²) in [6, 6.07) is 0. The topological polar surface area (TPSA) is 78.9 Å². The lowest BCUT2D eigenvalue weighted by molar-refractivity contribution is -0.166. The molecule has 0 aliphatic rings. The van der Waals surface area contributed by atoms with Gasteiger partial charge in [-0.2, -0.15) is 0 Å². The van der Waals surface area contributed by atoms with Crippen molar-refractivity contribution in [2.24, 2.45) is 0 Å². The highest BCUT2D eigenvalue weighted by atomic mass is 16.6. The van der Waals surface area contributed by atoms with Gasteiger partial charge in [0.1, 0.15) is 13.2 Å². The molecule has 0 rings (SSSR count). The average Bonchev–Trinajstić information content (AvgIpc) is 3.35. The molecule has 6 nitrogen and oxygen atoms in total. The van der Waals surface area contributed by atoms with Crippen molar-refractivity contribution in [2.75, 3.05) is 13.2 Å². The molecular weight excluding hydrogens is 853 g/mol. The SMILES string of the molecule is CC/C=C\C/C=C\C/C=C\C/C=C\CCC(=O)OCC(COC(=O)CCCCCCCCCCCCCCCCCCCCCCCC)OC(=O)CCCCCCCCCCCCCCCCCC. The normalized spacial score (nSPS) is 12.3. The smallest absolute Gasteiger partial charge is 0.306 e. The first-order valence-electron chi connectivity index (χ1n) is 30.1. The fraction of sp³-hybridized carbons (Fsp3) is 0.825. The van der Waals surface area contributed by atoms with E-state index in [-0.39, 0.29) is 37.5 Å². The van der Waals surface area contributed by atoms with Gasteiger partial charge < -0.3 is 14.2 Å². The molecular formula is C63H114O6. The number of ether oxygens (including phenoxy) is 3. The first-order valence-corrected chi connectivity index (χ1v) is 30.1. The minimum Gasteiger partial charge on any atom is -0.462 e. The van der Waals surface area contributed by atoms with Gasteiger partial charge in [0.05, 0.1) is 0 Å². The molecule has 0 amide bonds. The first-order chi connectivity index (χ1) is 34.0. The van der Waals surface area contributed by atoms with Crippen molar-refractivity contribution in [2.45, 2.75) is 322 Å². The van der Waals surface area contributed by atoms with E-state index in [4.69, 9.17) is 14.2 Å². The third-order valence-electron chi connectivity index (χ3n) is 13.4. The molecule has 0 aliphatic carbocycles. The standard InChI is InChI=1S/C63H114O6/c1-4-7-10-13-16-19-22-25-27-29-30-31-32-33-34-36-38-41-44-47-50-53-56-62(65)68-59-60(58-67-61(64)55-52-49-46-43-40-37-24-21-18-15-12-9-6-3)69-63(66)57-54-51-48-45-42-39-35-28-26-23-20-17-14-11-8-5-2/h9,12,18,21,37,40,46,49,60H,4-8,10-11,13-17,19-20,22-36,38-39,41-45,47-48,50-59H2,1-3H3/b12-9-,21-18-,40-37-,49-46-. The molecule has 69 heavy (non-hydrogen) atoms. The van der Waals surface area contributed by atoms with Gasteiger partial charge in [0.25, 0.3) is 0 Å². The fourth-order valence-electron chi connectivity index (χ4n) is 8.87. The van der Waals surface area contributed by atoms with Crippen molar-refractivity contribution >= 4 is 17.9 Å². The number of hydrogen-bond acceptors (Lipinski definition) is 6. The Hall–Kier alpha value is -2.63. The molecule has 0 aromatic rings. The van der Waals surface area contributed by atoms with Gasteiger partial charge in [-0.05, 0) is 44.9 Å². The fourth-order valence-corrected chi connectivity index (χ4v) is 8.87. The Kier molecular flexibility index (Phi) is 55.7. The van der Waals surface area contributed by atoms with Crippen molar-refractivity contribution < 1.29 is 28.6 Å². The van der Waals surface area contributed by atoms with Crippen molar-refractivity contribution in [1.82, 2.24) is 0 Å². The van der Waals surface area contributed by atoms with E-state index >= 15 is 0 Å². The van der Waals surface area contributed by atoms with Gasteiger partial charge in [-0.15, -0.1) is 0 Å². The number of hydrogen-bond donors (Lipinski definition) is 0. The summed E-state index contributed by atoms with van der Waals surface area (Å²) in [6.07, 6.45) is 71.3. The van der Waals surface area contributed by atoms with Crippen molar-refractivity contribution in [3.8, 4) is 0 Å². The molecule has 0 spiro atoms. The molecule has 0 saturated carbocycles. The summed E-state index contributed by atoms with van der Waals surface area (Å²) in [7, 11) is 0. The second-order valence-corrected chi connectivity index (χ2v) is 20.2. The summed E-state index contributed by atoms with van der Waals surface area (Å²) in [5.41, 5.74) is 0. The molecule has 1 atom stereocenters. The molecule has 0 aromatic heterocycles. The maximum Gasteiger partial charge on any atom is 0.306 e. The van der Waals surface area contributed by atoms with Crippen LogP contribution in [0.2, 0.25) is 0 Å². The minimum atomic E-state index is -0.798. The summed E-state index contributed by atoms with van der Waals surface area (Å²) >= 11 is 0. The number of esters is 3. The maximum absolute atomic E-state index is 12.9. The Bertz CT molecular complexity index is 1200. The highest BCUT2D eigenvalue weighted by molar-refractivity contribution is 5.71. The van der Waals surface area contributed by atoms with E-state index in [9.17, 15) is 14.4 Å². The van der Waals surface area contributed by atoms with Crippen molar-refractivity contribution in [1.29, 1.82) is 0 Å². The second-order valence-electron chi connectivity index (χ2n) is 20.2. The van der Waals surface area contributed by atoms with E-state index in [2.05, 4.69) is 63.3 Å². The zero-order valence-electron chi connectivity index (χ0n) is 46.1. The highest BCUT2D eigenvalue weighted by Gasteiger charge is 2.19. The highest BCUT2D eigenvalue weighted by Crippen LogP contribution is 2.17. The van der Waals surface area contributed by atoms with E-state index in [1.165, 1.54) is 205 Å². The van der Waals surface area contributed by atoms with Crippen LogP contribution in [0.5, 0.6) is 0 Å². The summed E-state index contributed by atoms with van der Waals surface area (Å²) in [5, 5.41) is 0. The van der Waals surface area contributed by atoms with Crippen LogP contribution < -0.4 is 0 Å². The van der Waals surface area contributed by atoms with E-state index < -0.39 is 6.10 Å². The minimum absolute atomic E-state index is 0.0903. The van der Waals surface area contributed by atoms with Crippen LogP contribution in [0.25, 0.3) is 0 Å². The summed E-state index contributed by atoms with van der Waals surface area (Å²) in [4.78, 5) is 38.1. The Balaban J connectivity index is 4.31. The number of carbonyl (C=O) groups is 3. The van der Waals surface area contributed by atoms with Gasteiger partial charge in [-0.3, -0.25) is 14.4 Å². The summed E-state index contributed by atoms with van der Waals surface area (Å²) in [6.45, 7) is 6.51. The Labute approximate surface area is 428 Å². The molecule has 0 aromatic carbocycles. The van der Waals surface area contributed by atoms with Crippen LogP contribution >= 0.6 is 0 Å². The monoisotopic (exact) mass is 967 g/mol. The van der Waals surface area contributed by atoms with Crippen LogP contribution in [0.3, 0.4) is 0 Å². The summed E-state index contributed by atoms with van der Waals surface area (Å²) < 4.78 is 16.8. The van der Waals surface area contributed by atoms with Crippen LogP contribution in [0, 0.1) is 0 Å². The van der Waals surface area contributed by atoms with E-state index in [0.29, 0.717) is 19.3 Å². The number of rotatable bonds is 55. The number of allylic oxidation sites excluding steroid dienone is 8. The average molecular weight is 968 g/mol. The predicted molar refractivity (Wildman–Crippen MR) is 298 cm³/mol. The Morgan fingerprint density at radius 2 is 0.565 bits per heavy atom. The molecule has 0 saturated heterocycles. The summed E-state index contributed by atoms with van der Waals surface area (Å²) in [5.74, 6) is -0.956. The molecule has 1 unspecified atom stereocenters. The quantitative estimate of drug-likeness (QED) is 0.0262. The van der Waals surface area contributed by atoms with Crippen molar-refractivity contribution in [3.05, 3.63) is 48.6 Å². The van der Waals surface area contributed by atoms with E-state index in [1.54, 1.807) is 0 Å². The zero-order valence-corrected chi connectivity index (χ0v) is 46.1. The Morgan fingerprint density at radius 3 is 0.884 bits per heavy atom. The van der Waals surface area contributed by atoms with Crippen LogP contribution in [-0.2, 0) is 28.6 Å². The third kappa shape index (κ3) is 56.2. The lowest BCUT2D eigenvalue weighted by Crippen LogP contribution is -2.30. The van der Waals surface area contributed by atoms with Crippen LogP contribution in [0.15, 0.2) is 48.6 Å². The predicted octanol–water partition coefficient (Wildman–Crippen LogP) is 20.2. The second kappa shape index (κ2) is 57.9.